The van der Waals surface area contributed by atoms with Crippen molar-refractivity contribution in [3.05, 3.63) is 28.2 Å². The van der Waals surface area contributed by atoms with Crippen LogP contribution >= 0.6 is 15.9 Å². The SMILES string of the molecule is CN(C)c1ccc(CON)cc1Br. The van der Waals surface area contributed by atoms with Gasteiger partial charge in [0.2, 0.25) is 0 Å². The van der Waals surface area contributed by atoms with E-state index in [1.807, 2.05) is 37.2 Å². The van der Waals surface area contributed by atoms with Gasteiger partial charge in [0.05, 0.1) is 12.3 Å². The zero-order valence-corrected chi connectivity index (χ0v) is 9.34. The van der Waals surface area contributed by atoms with Crippen molar-refractivity contribution >= 4 is 21.6 Å². The summed E-state index contributed by atoms with van der Waals surface area (Å²) in [6.07, 6.45) is 0. The molecular weight excluding hydrogens is 232 g/mol. The van der Waals surface area contributed by atoms with Gasteiger partial charge >= 0.3 is 0 Å². The first-order chi connectivity index (χ1) is 6.15. The Bertz CT molecular complexity index is 289. The summed E-state index contributed by atoms with van der Waals surface area (Å²) in [7, 11) is 4.00. The van der Waals surface area contributed by atoms with Crippen molar-refractivity contribution in [3.8, 4) is 0 Å². The van der Waals surface area contributed by atoms with E-state index in [1.54, 1.807) is 0 Å². The Kier molecular flexibility index (Phi) is 3.71. The fraction of sp³-hybridized carbons (Fsp3) is 0.333. The second-order valence-electron chi connectivity index (χ2n) is 2.99. The largest absolute Gasteiger partial charge is 0.377 e. The number of rotatable bonds is 3. The van der Waals surface area contributed by atoms with Crippen molar-refractivity contribution < 1.29 is 4.84 Å². The third kappa shape index (κ3) is 2.69. The van der Waals surface area contributed by atoms with E-state index in [-0.39, 0.29) is 0 Å². The minimum Gasteiger partial charge on any atom is -0.377 e. The predicted molar refractivity (Wildman–Crippen MR) is 57.4 cm³/mol. The van der Waals surface area contributed by atoms with E-state index in [2.05, 4.69) is 20.8 Å². The molecule has 1 aromatic rings. The highest BCUT2D eigenvalue weighted by atomic mass is 79.9. The molecule has 4 heteroatoms. The van der Waals surface area contributed by atoms with Crippen molar-refractivity contribution in [1.29, 1.82) is 0 Å². The van der Waals surface area contributed by atoms with E-state index < -0.39 is 0 Å². The van der Waals surface area contributed by atoms with Crippen LogP contribution in [0.2, 0.25) is 0 Å². The number of nitrogens with two attached hydrogens (primary N) is 1. The van der Waals surface area contributed by atoms with Gasteiger partial charge in [0.15, 0.2) is 0 Å². The first kappa shape index (κ1) is 10.5. The van der Waals surface area contributed by atoms with E-state index in [4.69, 9.17) is 5.90 Å². The molecule has 0 saturated carbocycles. The molecule has 0 aliphatic rings. The summed E-state index contributed by atoms with van der Waals surface area (Å²) in [5.74, 6) is 4.98. The van der Waals surface area contributed by atoms with Crippen LogP contribution < -0.4 is 10.8 Å². The molecule has 1 rings (SSSR count). The van der Waals surface area contributed by atoms with Crippen LogP contribution in [0.1, 0.15) is 5.56 Å². The summed E-state index contributed by atoms with van der Waals surface area (Å²) in [5.41, 5.74) is 2.20. The van der Waals surface area contributed by atoms with Crippen molar-refractivity contribution in [1.82, 2.24) is 0 Å². The Morgan fingerprint density at radius 2 is 2.15 bits per heavy atom. The maximum absolute atomic E-state index is 4.98. The lowest BCUT2D eigenvalue weighted by Crippen LogP contribution is -2.09. The molecule has 0 unspecified atom stereocenters. The van der Waals surface area contributed by atoms with E-state index in [0.717, 1.165) is 15.7 Å². The molecule has 0 heterocycles. The van der Waals surface area contributed by atoms with Gasteiger partial charge in [-0.05, 0) is 33.6 Å². The van der Waals surface area contributed by atoms with Gasteiger partial charge in [0, 0.05) is 18.6 Å². The summed E-state index contributed by atoms with van der Waals surface area (Å²) in [6, 6.07) is 6.02. The molecule has 3 nitrogen and oxygen atoms in total. The van der Waals surface area contributed by atoms with Crippen LogP contribution in [-0.4, -0.2) is 14.1 Å². The van der Waals surface area contributed by atoms with Crippen molar-refractivity contribution in [2.24, 2.45) is 5.90 Å². The number of hydrogen-bond donors (Lipinski definition) is 1. The van der Waals surface area contributed by atoms with Crippen LogP contribution in [0.4, 0.5) is 5.69 Å². The Hall–Kier alpha value is -0.580. The van der Waals surface area contributed by atoms with Gasteiger partial charge < -0.3 is 4.90 Å². The number of nitrogens with zero attached hydrogens (tertiary/aromatic N) is 1. The molecule has 0 amide bonds. The van der Waals surface area contributed by atoms with Crippen LogP contribution in [0.15, 0.2) is 22.7 Å². The first-order valence-corrected chi connectivity index (χ1v) is 4.72. The zero-order chi connectivity index (χ0) is 9.84. The highest BCUT2D eigenvalue weighted by Crippen LogP contribution is 2.25. The number of benzene rings is 1. The van der Waals surface area contributed by atoms with Crippen molar-refractivity contribution in [3.63, 3.8) is 0 Å². The topological polar surface area (TPSA) is 38.5 Å². The maximum atomic E-state index is 4.98. The summed E-state index contributed by atoms with van der Waals surface area (Å²) in [4.78, 5) is 6.59. The van der Waals surface area contributed by atoms with Crippen molar-refractivity contribution in [2.45, 2.75) is 6.61 Å². The Morgan fingerprint density at radius 1 is 1.46 bits per heavy atom. The average molecular weight is 245 g/mol. The minimum atomic E-state index is 0.437. The molecule has 0 aliphatic heterocycles. The lowest BCUT2D eigenvalue weighted by molar-refractivity contribution is 0.124. The standard InChI is InChI=1S/C9H13BrN2O/c1-12(2)9-4-3-7(6-13-11)5-8(9)10/h3-5H,6,11H2,1-2H3. The Morgan fingerprint density at radius 3 is 2.62 bits per heavy atom. The molecule has 0 bridgehead atoms. The molecule has 0 aliphatic carbocycles. The molecule has 13 heavy (non-hydrogen) atoms. The molecule has 0 atom stereocenters. The molecule has 0 spiro atoms. The van der Waals surface area contributed by atoms with Gasteiger partial charge in [-0.3, -0.25) is 4.84 Å². The summed E-state index contributed by atoms with van der Waals surface area (Å²) in [5, 5.41) is 0. The highest BCUT2D eigenvalue weighted by molar-refractivity contribution is 9.10. The maximum Gasteiger partial charge on any atom is 0.0930 e. The molecule has 72 valence electrons. The number of halogens is 1. The van der Waals surface area contributed by atoms with Crippen LogP contribution in [0.3, 0.4) is 0 Å². The fourth-order valence-corrected chi connectivity index (χ4v) is 1.88. The van der Waals surface area contributed by atoms with Gasteiger partial charge in [-0.2, -0.15) is 0 Å². The second kappa shape index (κ2) is 4.60. The van der Waals surface area contributed by atoms with E-state index in [9.17, 15) is 0 Å². The zero-order valence-electron chi connectivity index (χ0n) is 7.75. The third-order valence-corrected chi connectivity index (χ3v) is 2.38. The first-order valence-electron chi connectivity index (χ1n) is 3.92. The predicted octanol–water partition coefficient (Wildman–Crippen LogP) is 1.91. The summed E-state index contributed by atoms with van der Waals surface area (Å²) in [6.45, 7) is 0.437. The minimum absolute atomic E-state index is 0.437. The smallest absolute Gasteiger partial charge is 0.0930 e. The normalized spacial score (nSPS) is 10.2. The van der Waals surface area contributed by atoms with Crippen LogP contribution in [0.5, 0.6) is 0 Å². The Balaban J connectivity index is 2.92. The molecule has 0 saturated heterocycles. The summed E-state index contributed by atoms with van der Waals surface area (Å²) < 4.78 is 1.05. The van der Waals surface area contributed by atoms with Crippen molar-refractivity contribution in [2.75, 3.05) is 19.0 Å². The Labute approximate surface area is 86.6 Å². The molecule has 0 radical (unpaired) electrons. The lowest BCUT2D eigenvalue weighted by Gasteiger charge is -2.15. The molecule has 1 aromatic carbocycles. The molecule has 2 N–H and O–H groups in total. The van der Waals surface area contributed by atoms with E-state index in [0.29, 0.717) is 6.61 Å². The summed E-state index contributed by atoms with van der Waals surface area (Å²) >= 11 is 3.48. The number of hydrogen-bond acceptors (Lipinski definition) is 3. The van der Waals surface area contributed by atoms with Gasteiger partial charge in [-0.15, -0.1) is 0 Å². The van der Waals surface area contributed by atoms with Crippen LogP contribution in [-0.2, 0) is 11.4 Å². The highest BCUT2D eigenvalue weighted by Gasteiger charge is 2.02. The van der Waals surface area contributed by atoms with Gasteiger partial charge in [0.25, 0.3) is 0 Å². The monoisotopic (exact) mass is 244 g/mol. The van der Waals surface area contributed by atoms with E-state index >= 15 is 0 Å². The molecular formula is C9H13BrN2O. The number of anilines is 1. The van der Waals surface area contributed by atoms with Gasteiger partial charge in [-0.1, -0.05) is 6.07 Å². The van der Waals surface area contributed by atoms with Gasteiger partial charge in [-0.25, -0.2) is 5.90 Å². The quantitative estimate of drug-likeness (QED) is 0.826. The average Bonchev–Trinajstić information content (AvgIpc) is 2.04. The van der Waals surface area contributed by atoms with Crippen LogP contribution in [0, 0.1) is 0 Å². The second-order valence-corrected chi connectivity index (χ2v) is 3.85. The van der Waals surface area contributed by atoms with Crippen LogP contribution in [0.25, 0.3) is 0 Å². The third-order valence-electron chi connectivity index (χ3n) is 1.74. The molecule has 0 aromatic heterocycles. The fourth-order valence-electron chi connectivity index (χ4n) is 1.10. The van der Waals surface area contributed by atoms with E-state index in [1.165, 1.54) is 0 Å². The lowest BCUT2D eigenvalue weighted by atomic mass is 10.2. The van der Waals surface area contributed by atoms with Gasteiger partial charge in [0.1, 0.15) is 0 Å². The molecule has 0 fully saturated rings.